The Hall–Kier alpha value is -3.70. The van der Waals surface area contributed by atoms with Gasteiger partial charge in [0.25, 0.3) is 0 Å². The van der Waals surface area contributed by atoms with Crippen LogP contribution in [0.15, 0.2) is 48.8 Å². The van der Waals surface area contributed by atoms with Crippen molar-refractivity contribution in [1.82, 2.24) is 20.0 Å². The van der Waals surface area contributed by atoms with Gasteiger partial charge in [-0.3, -0.25) is 4.98 Å². The van der Waals surface area contributed by atoms with E-state index in [0.717, 1.165) is 30.3 Å². The highest BCUT2D eigenvalue weighted by Crippen LogP contribution is 2.58. The Morgan fingerprint density at radius 3 is 2.72 bits per heavy atom. The van der Waals surface area contributed by atoms with Gasteiger partial charge >= 0.3 is 0 Å². The van der Waals surface area contributed by atoms with Crippen molar-refractivity contribution in [2.45, 2.75) is 69.5 Å². The summed E-state index contributed by atoms with van der Waals surface area (Å²) >= 11 is 6.76. The molecule has 4 aromatic rings. The van der Waals surface area contributed by atoms with Crippen molar-refractivity contribution in [3.05, 3.63) is 76.5 Å². The zero-order valence-corrected chi connectivity index (χ0v) is 22.2. The van der Waals surface area contributed by atoms with Gasteiger partial charge in [-0.25, -0.2) is 9.07 Å². The Morgan fingerprint density at radius 2 is 1.97 bits per heavy atom. The molecule has 9 heteroatoms. The van der Waals surface area contributed by atoms with Crippen LogP contribution in [0.2, 0.25) is 5.02 Å². The van der Waals surface area contributed by atoms with Crippen LogP contribution >= 0.6 is 11.6 Å². The maximum absolute atomic E-state index is 13.8. The van der Waals surface area contributed by atoms with Crippen LogP contribution in [0.4, 0.5) is 15.8 Å². The lowest BCUT2D eigenvalue weighted by Gasteiger charge is -2.23. The summed E-state index contributed by atoms with van der Waals surface area (Å²) in [5.74, 6) is -0.386. The van der Waals surface area contributed by atoms with Gasteiger partial charge in [-0.1, -0.05) is 48.2 Å². The Bertz CT molecular complexity index is 1640. The fourth-order valence-electron chi connectivity index (χ4n) is 6.06. The zero-order chi connectivity index (χ0) is 27.5. The minimum absolute atomic E-state index is 0.299. The van der Waals surface area contributed by atoms with Gasteiger partial charge in [0.1, 0.15) is 17.6 Å². The first-order chi connectivity index (χ1) is 19.4. The molecule has 1 spiro atoms. The largest absolute Gasteiger partial charge is 0.380 e. The molecule has 7 rings (SSSR count). The first kappa shape index (κ1) is 23.2. The maximum atomic E-state index is 13.8. The molecule has 2 aromatic carbocycles. The fourth-order valence-corrected chi connectivity index (χ4v) is 6.33. The minimum atomic E-state index is -1.58. The second-order valence-electron chi connectivity index (χ2n) is 11.2. The molecule has 0 radical (unpaired) electrons. The number of nitrogens with zero attached hydrogens (tertiary/aromatic N) is 5. The molecular weight excluding hydrogens is 513 g/mol. The van der Waals surface area contributed by atoms with E-state index in [1.807, 2.05) is 6.07 Å². The van der Waals surface area contributed by atoms with Gasteiger partial charge < -0.3 is 10.6 Å². The molecule has 3 saturated carbocycles. The highest BCUT2D eigenvalue weighted by atomic mass is 35.5. The Labute approximate surface area is 232 Å². The van der Waals surface area contributed by atoms with Crippen molar-refractivity contribution in [1.29, 1.82) is 5.26 Å². The first-order valence-corrected chi connectivity index (χ1v) is 14.0. The molecule has 2 heterocycles. The number of aromatic nitrogens is 4. The van der Waals surface area contributed by atoms with Crippen molar-refractivity contribution in [3.63, 3.8) is 0 Å². The van der Waals surface area contributed by atoms with Crippen LogP contribution in [0, 0.1) is 22.6 Å². The molecular formula is C30H29ClFN7. The normalized spacial score (nSPS) is 21.7. The maximum Gasteiger partial charge on any atom is 0.123 e. The lowest BCUT2D eigenvalue weighted by atomic mass is 9.85. The van der Waals surface area contributed by atoms with Crippen molar-refractivity contribution in [2.75, 3.05) is 10.6 Å². The molecule has 7 nitrogen and oxygen atoms in total. The van der Waals surface area contributed by atoms with Crippen LogP contribution in [0.3, 0.4) is 0 Å². The van der Waals surface area contributed by atoms with Crippen LogP contribution in [0.25, 0.3) is 10.9 Å². The lowest BCUT2D eigenvalue weighted by molar-refractivity contribution is 0.330. The van der Waals surface area contributed by atoms with Gasteiger partial charge in [0, 0.05) is 23.3 Å². The molecule has 39 heavy (non-hydrogen) atoms. The van der Waals surface area contributed by atoms with Crippen molar-refractivity contribution < 1.29 is 5.76 Å². The second kappa shape index (κ2) is 9.49. The third kappa shape index (κ3) is 4.59. The summed E-state index contributed by atoms with van der Waals surface area (Å²) in [5.41, 5.74) is 3.54. The summed E-state index contributed by atoms with van der Waals surface area (Å²) < 4.78 is 25.2. The highest BCUT2D eigenvalue weighted by molar-refractivity contribution is 6.35. The molecule has 2 atom stereocenters. The smallest absolute Gasteiger partial charge is 0.123 e. The number of benzene rings is 2. The van der Waals surface area contributed by atoms with E-state index in [-0.39, 0.29) is 5.82 Å². The summed E-state index contributed by atoms with van der Waals surface area (Å²) in [5, 5.41) is 26.7. The fraction of sp³-hybridized carbons (Fsp3) is 0.400. The summed E-state index contributed by atoms with van der Waals surface area (Å²) in [6.45, 7) is 0. The van der Waals surface area contributed by atoms with E-state index >= 15 is 0 Å². The number of pyridine rings is 1. The molecule has 3 aliphatic carbocycles. The number of rotatable bonds is 7. The van der Waals surface area contributed by atoms with Gasteiger partial charge in [0.15, 0.2) is 0 Å². The van der Waals surface area contributed by atoms with Gasteiger partial charge in [-0.2, -0.15) is 5.26 Å². The minimum Gasteiger partial charge on any atom is -0.380 e. The van der Waals surface area contributed by atoms with Crippen molar-refractivity contribution in [2.24, 2.45) is 5.41 Å². The van der Waals surface area contributed by atoms with Gasteiger partial charge in [-0.05, 0) is 67.3 Å². The molecule has 3 fully saturated rings. The van der Waals surface area contributed by atoms with Crippen LogP contribution in [0.1, 0.15) is 81.6 Å². The molecule has 1 unspecified atom stereocenters. The van der Waals surface area contributed by atoms with Crippen LogP contribution in [0.5, 0.6) is 0 Å². The van der Waals surface area contributed by atoms with E-state index < -0.39 is 6.02 Å². The number of nitriles is 1. The van der Waals surface area contributed by atoms with Crippen LogP contribution in [-0.4, -0.2) is 26.0 Å². The molecule has 0 amide bonds. The predicted molar refractivity (Wildman–Crippen MR) is 149 cm³/mol. The van der Waals surface area contributed by atoms with E-state index in [9.17, 15) is 11.0 Å². The number of halogens is 2. The second-order valence-corrected chi connectivity index (χ2v) is 11.6. The van der Waals surface area contributed by atoms with E-state index in [2.05, 4.69) is 32.0 Å². The topological polar surface area (TPSA) is 91.5 Å². The van der Waals surface area contributed by atoms with Crippen LogP contribution in [-0.2, 0) is 0 Å². The standard InChI is InChI=1S/C30H29ClFN7/c31-24-13-21(35-28(18-4-6-20(32)7-5-18)25-17-39(38-37-25)22-8-9-22)12-23-27(19(15-33)16-34-29(23)24)36-26-14-30(26)10-2-1-3-11-30/h4-7,12-13,16-17,22,26,28,35H,1-3,8-11,14H2,(H,34,36)/t26?,28-/m0/s1/i28D. The number of anilines is 2. The summed E-state index contributed by atoms with van der Waals surface area (Å²) in [6.07, 6.45) is 12.7. The average molecular weight is 543 g/mol. The molecule has 0 aliphatic heterocycles. The van der Waals surface area contributed by atoms with Gasteiger partial charge in [0.05, 0.1) is 41.4 Å². The molecule has 2 N–H and O–H groups in total. The SMILES string of the molecule is [2H][C@](Nc1cc(Cl)c2ncc(C#N)c(NC3CC34CCCCC4)c2c1)(c1ccc(F)cc1)c1cn(C2CC2)nn1. The summed E-state index contributed by atoms with van der Waals surface area (Å²) in [7, 11) is 0. The Kier molecular flexibility index (Phi) is 5.65. The van der Waals surface area contributed by atoms with Crippen molar-refractivity contribution >= 4 is 33.9 Å². The quantitative estimate of drug-likeness (QED) is 0.257. The monoisotopic (exact) mass is 542 g/mol. The van der Waals surface area contributed by atoms with Crippen LogP contribution < -0.4 is 10.6 Å². The average Bonchev–Trinajstić information content (AvgIpc) is 3.86. The van der Waals surface area contributed by atoms with E-state index in [1.165, 1.54) is 44.2 Å². The van der Waals surface area contributed by atoms with E-state index in [0.29, 0.717) is 50.5 Å². The van der Waals surface area contributed by atoms with Crippen molar-refractivity contribution in [3.8, 4) is 6.07 Å². The number of hydrogen-bond acceptors (Lipinski definition) is 6. The molecule has 3 aliphatic rings. The first-order valence-electron chi connectivity index (χ1n) is 14.1. The van der Waals surface area contributed by atoms with Gasteiger partial charge in [-0.15, -0.1) is 5.10 Å². The zero-order valence-electron chi connectivity index (χ0n) is 22.4. The lowest BCUT2D eigenvalue weighted by Crippen LogP contribution is -2.18. The van der Waals surface area contributed by atoms with Gasteiger partial charge in [0.2, 0.25) is 0 Å². The van der Waals surface area contributed by atoms with E-state index in [4.69, 9.17) is 11.6 Å². The number of fused-ring (bicyclic) bond motifs is 1. The predicted octanol–water partition coefficient (Wildman–Crippen LogP) is 7.16. The highest BCUT2D eigenvalue weighted by Gasteiger charge is 2.54. The number of nitrogens with one attached hydrogen (secondary N) is 2. The third-order valence-corrected chi connectivity index (χ3v) is 8.78. The molecule has 2 aromatic heterocycles. The van der Waals surface area contributed by atoms with E-state index in [1.54, 1.807) is 35.3 Å². The molecule has 0 bridgehead atoms. The third-order valence-electron chi connectivity index (χ3n) is 8.49. The molecule has 0 saturated heterocycles. The summed E-state index contributed by atoms with van der Waals surface area (Å²) in [6, 6.07) is 10.8. The summed E-state index contributed by atoms with van der Waals surface area (Å²) in [4.78, 5) is 4.50. The molecule has 198 valence electrons. The number of hydrogen-bond donors (Lipinski definition) is 2. The Morgan fingerprint density at radius 1 is 1.18 bits per heavy atom. The Balaban J connectivity index is 1.30.